The molecule has 1 aromatic carbocycles. The molecule has 3 fully saturated rings. The highest BCUT2D eigenvalue weighted by atomic mass is 15.3. The van der Waals surface area contributed by atoms with Crippen LogP contribution in [0.4, 0.5) is 11.4 Å². The van der Waals surface area contributed by atoms with Gasteiger partial charge in [-0.25, -0.2) is 0 Å². The molecule has 0 aromatic heterocycles. The normalized spacial score (nSPS) is 29.7. The van der Waals surface area contributed by atoms with E-state index >= 15 is 0 Å². The molecule has 2 heterocycles. The monoisotopic (exact) mass is 439 g/mol. The maximum atomic E-state index is 2.71. The van der Waals surface area contributed by atoms with Crippen LogP contribution >= 0.6 is 0 Å². The molecule has 1 aliphatic carbocycles. The summed E-state index contributed by atoms with van der Waals surface area (Å²) in [5, 5.41) is 0. The Kier molecular flexibility index (Phi) is 7.44. The van der Waals surface area contributed by atoms with Crippen molar-refractivity contribution in [2.75, 3.05) is 55.6 Å². The molecule has 2 saturated heterocycles. The van der Waals surface area contributed by atoms with Gasteiger partial charge < -0.3 is 9.80 Å². The molecule has 32 heavy (non-hydrogen) atoms. The minimum absolute atomic E-state index is 0.263. The van der Waals surface area contributed by atoms with Crippen LogP contribution in [0.5, 0.6) is 0 Å². The molecule has 3 nitrogen and oxygen atoms in total. The fourth-order valence-electron chi connectivity index (χ4n) is 7.53. The van der Waals surface area contributed by atoms with E-state index in [4.69, 9.17) is 0 Å². The Morgan fingerprint density at radius 1 is 0.844 bits per heavy atom. The van der Waals surface area contributed by atoms with E-state index in [9.17, 15) is 0 Å². The summed E-state index contributed by atoms with van der Waals surface area (Å²) in [6.45, 7) is 20.8. The van der Waals surface area contributed by atoms with Crippen LogP contribution in [0.2, 0.25) is 0 Å². The molecule has 0 radical (unpaired) electrons. The Labute approximate surface area is 198 Å². The second-order valence-electron chi connectivity index (χ2n) is 12.3. The van der Waals surface area contributed by atoms with Gasteiger partial charge in [0.25, 0.3) is 0 Å². The second kappa shape index (κ2) is 9.95. The van der Waals surface area contributed by atoms with E-state index in [0.29, 0.717) is 5.41 Å². The van der Waals surface area contributed by atoms with Crippen molar-refractivity contribution in [1.29, 1.82) is 0 Å². The SMILES string of the molecule is CCCN1CCN(c2ccc(N3CCCCCC3)cc2C2(C)CC(C)CC(C)(C)C2)CC1. The minimum atomic E-state index is 0.263. The Morgan fingerprint density at radius 3 is 2.16 bits per heavy atom. The summed E-state index contributed by atoms with van der Waals surface area (Å²) >= 11 is 0. The number of rotatable bonds is 5. The first-order chi connectivity index (χ1) is 15.3. The van der Waals surface area contributed by atoms with E-state index in [1.54, 1.807) is 5.56 Å². The summed E-state index contributed by atoms with van der Waals surface area (Å²) in [4.78, 5) is 8.04. The molecule has 0 bridgehead atoms. The van der Waals surface area contributed by atoms with Crippen molar-refractivity contribution in [2.45, 2.75) is 91.4 Å². The van der Waals surface area contributed by atoms with Crippen LogP contribution in [0, 0.1) is 11.3 Å². The Morgan fingerprint density at radius 2 is 1.53 bits per heavy atom. The predicted octanol–water partition coefficient (Wildman–Crippen LogP) is 6.70. The lowest BCUT2D eigenvalue weighted by molar-refractivity contribution is 0.115. The zero-order valence-corrected chi connectivity index (χ0v) is 21.8. The van der Waals surface area contributed by atoms with Gasteiger partial charge in [-0.05, 0) is 85.6 Å². The molecular formula is C29H49N3. The van der Waals surface area contributed by atoms with Crippen LogP contribution in [-0.4, -0.2) is 50.7 Å². The van der Waals surface area contributed by atoms with Crippen LogP contribution in [-0.2, 0) is 5.41 Å². The lowest BCUT2D eigenvalue weighted by Crippen LogP contribution is -2.47. The highest BCUT2D eigenvalue weighted by Gasteiger charge is 2.42. The summed E-state index contributed by atoms with van der Waals surface area (Å²) in [6, 6.07) is 7.58. The van der Waals surface area contributed by atoms with E-state index < -0.39 is 0 Å². The first kappa shape index (κ1) is 23.9. The molecule has 0 amide bonds. The van der Waals surface area contributed by atoms with Crippen LogP contribution in [0.25, 0.3) is 0 Å². The van der Waals surface area contributed by atoms with Gasteiger partial charge in [0.15, 0.2) is 0 Å². The molecule has 0 N–H and O–H groups in total. The van der Waals surface area contributed by atoms with Crippen LogP contribution in [0.15, 0.2) is 18.2 Å². The smallest absolute Gasteiger partial charge is 0.0406 e. The topological polar surface area (TPSA) is 9.72 Å². The van der Waals surface area contributed by atoms with E-state index in [1.807, 2.05) is 0 Å². The van der Waals surface area contributed by atoms with Crippen molar-refractivity contribution in [3.63, 3.8) is 0 Å². The summed E-state index contributed by atoms with van der Waals surface area (Å²) in [5.41, 5.74) is 5.34. The summed E-state index contributed by atoms with van der Waals surface area (Å²) in [7, 11) is 0. The zero-order chi connectivity index (χ0) is 22.8. The summed E-state index contributed by atoms with van der Waals surface area (Å²) in [5.74, 6) is 0.792. The maximum absolute atomic E-state index is 2.71. The third kappa shape index (κ3) is 5.46. The molecule has 1 aromatic rings. The van der Waals surface area contributed by atoms with Crippen molar-refractivity contribution in [1.82, 2.24) is 4.90 Å². The van der Waals surface area contributed by atoms with Gasteiger partial charge in [0.2, 0.25) is 0 Å². The van der Waals surface area contributed by atoms with Crippen molar-refractivity contribution < 1.29 is 0 Å². The molecule has 3 aliphatic rings. The number of hydrogen-bond donors (Lipinski definition) is 0. The average molecular weight is 440 g/mol. The van der Waals surface area contributed by atoms with Crippen molar-refractivity contribution in [3.05, 3.63) is 23.8 Å². The van der Waals surface area contributed by atoms with Gasteiger partial charge in [-0.3, -0.25) is 4.90 Å². The lowest BCUT2D eigenvalue weighted by atomic mass is 9.58. The van der Waals surface area contributed by atoms with Crippen molar-refractivity contribution in [3.8, 4) is 0 Å². The molecule has 4 rings (SSSR count). The van der Waals surface area contributed by atoms with Gasteiger partial charge in [-0.1, -0.05) is 47.5 Å². The predicted molar refractivity (Wildman–Crippen MR) is 140 cm³/mol. The minimum Gasteiger partial charge on any atom is -0.372 e. The van der Waals surface area contributed by atoms with Gasteiger partial charge in [0, 0.05) is 50.6 Å². The number of hydrogen-bond acceptors (Lipinski definition) is 3. The van der Waals surface area contributed by atoms with E-state index in [1.165, 1.54) is 109 Å². The van der Waals surface area contributed by atoms with E-state index in [-0.39, 0.29) is 5.41 Å². The van der Waals surface area contributed by atoms with Gasteiger partial charge in [-0.2, -0.15) is 0 Å². The molecular weight excluding hydrogens is 390 g/mol. The quantitative estimate of drug-likeness (QED) is 0.505. The van der Waals surface area contributed by atoms with Crippen LogP contribution < -0.4 is 9.80 Å². The fraction of sp³-hybridized carbons (Fsp3) is 0.793. The standard InChI is InChI=1S/C29H49N3/c1-6-13-30-16-18-32(19-17-30)27-12-11-25(31-14-9-7-8-10-15-31)20-26(27)29(5)22-24(2)21-28(3,4)23-29/h11-12,20,24H,6-10,13-19,21-23H2,1-5H3. The van der Waals surface area contributed by atoms with Gasteiger partial charge >= 0.3 is 0 Å². The molecule has 180 valence electrons. The molecule has 2 atom stereocenters. The average Bonchev–Trinajstić information content (AvgIpc) is 3.02. The summed E-state index contributed by atoms with van der Waals surface area (Å²) in [6.07, 6.45) is 10.7. The fourth-order valence-corrected chi connectivity index (χ4v) is 7.53. The zero-order valence-electron chi connectivity index (χ0n) is 21.8. The highest BCUT2D eigenvalue weighted by Crippen LogP contribution is 2.52. The number of piperazine rings is 1. The second-order valence-corrected chi connectivity index (χ2v) is 12.3. The first-order valence-electron chi connectivity index (χ1n) is 13.7. The largest absolute Gasteiger partial charge is 0.372 e. The van der Waals surface area contributed by atoms with Crippen molar-refractivity contribution >= 4 is 11.4 Å². The lowest BCUT2D eigenvalue weighted by Gasteiger charge is -2.48. The third-order valence-corrected chi connectivity index (χ3v) is 8.42. The third-order valence-electron chi connectivity index (χ3n) is 8.42. The Balaban J connectivity index is 1.68. The number of anilines is 2. The molecule has 2 unspecified atom stereocenters. The number of benzene rings is 1. The van der Waals surface area contributed by atoms with Crippen LogP contribution in [0.3, 0.4) is 0 Å². The maximum Gasteiger partial charge on any atom is 0.0406 e. The molecule has 1 saturated carbocycles. The Hall–Kier alpha value is -1.22. The molecule has 3 heteroatoms. The number of nitrogens with zero attached hydrogens (tertiary/aromatic N) is 3. The summed E-state index contributed by atoms with van der Waals surface area (Å²) < 4.78 is 0. The highest BCUT2D eigenvalue weighted by molar-refractivity contribution is 5.65. The Bertz CT molecular complexity index is 741. The van der Waals surface area contributed by atoms with Gasteiger partial charge in [-0.15, -0.1) is 0 Å². The molecule has 2 aliphatic heterocycles. The first-order valence-corrected chi connectivity index (χ1v) is 13.7. The van der Waals surface area contributed by atoms with E-state index in [2.05, 4.69) is 67.5 Å². The van der Waals surface area contributed by atoms with Crippen molar-refractivity contribution in [2.24, 2.45) is 11.3 Å². The van der Waals surface area contributed by atoms with Crippen LogP contribution in [0.1, 0.15) is 91.5 Å². The molecule has 0 spiro atoms. The van der Waals surface area contributed by atoms with Gasteiger partial charge in [0.1, 0.15) is 0 Å². The van der Waals surface area contributed by atoms with Gasteiger partial charge in [0.05, 0.1) is 0 Å². The van der Waals surface area contributed by atoms with E-state index in [0.717, 1.165) is 5.92 Å².